The highest BCUT2D eigenvalue weighted by molar-refractivity contribution is 8.04. The molecule has 0 fully saturated rings. The zero-order valence-electron chi connectivity index (χ0n) is 14.7. The number of nitrogens with zero attached hydrogens (tertiary/aromatic N) is 1. The van der Waals surface area contributed by atoms with Crippen molar-refractivity contribution in [2.45, 2.75) is 32.6 Å². The van der Waals surface area contributed by atoms with Gasteiger partial charge in [-0.15, -0.1) is 11.8 Å². The number of benzene rings is 2. The molecule has 2 aromatic carbocycles. The van der Waals surface area contributed by atoms with Crippen molar-refractivity contribution in [3.8, 4) is 0 Å². The SMILES string of the molecule is Cc1ccc(C2=C(SC(C)C)C(=O)N(Cc3ccccc3)C2=O)cc1. The Balaban J connectivity index is 1.99. The quantitative estimate of drug-likeness (QED) is 0.749. The molecule has 0 bridgehead atoms. The van der Waals surface area contributed by atoms with Gasteiger partial charge in [-0.2, -0.15) is 0 Å². The number of imide groups is 1. The maximum atomic E-state index is 13.0. The van der Waals surface area contributed by atoms with E-state index in [9.17, 15) is 9.59 Å². The smallest absolute Gasteiger partial charge is 0.268 e. The molecule has 2 amide bonds. The molecular weight excluding hydrogens is 330 g/mol. The predicted octanol–water partition coefficient (Wildman–Crippen LogP) is 4.42. The zero-order chi connectivity index (χ0) is 18.0. The highest BCUT2D eigenvalue weighted by atomic mass is 32.2. The molecule has 0 unspecified atom stereocenters. The van der Waals surface area contributed by atoms with Gasteiger partial charge in [-0.3, -0.25) is 14.5 Å². The third kappa shape index (κ3) is 3.69. The van der Waals surface area contributed by atoms with E-state index in [2.05, 4.69) is 0 Å². The average molecular weight is 351 g/mol. The van der Waals surface area contributed by atoms with Crippen molar-refractivity contribution in [1.29, 1.82) is 0 Å². The van der Waals surface area contributed by atoms with Crippen LogP contribution >= 0.6 is 11.8 Å². The fourth-order valence-electron chi connectivity index (χ4n) is 2.78. The topological polar surface area (TPSA) is 37.4 Å². The molecule has 0 spiro atoms. The number of carbonyl (C=O) groups is 2. The minimum Gasteiger partial charge on any atom is -0.269 e. The summed E-state index contributed by atoms with van der Waals surface area (Å²) < 4.78 is 0. The van der Waals surface area contributed by atoms with E-state index in [1.807, 2.05) is 75.4 Å². The molecule has 0 atom stereocenters. The molecule has 1 heterocycles. The van der Waals surface area contributed by atoms with Gasteiger partial charge in [0.25, 0.3) is 11.8 Å². The average Bonchev–Trinajstić information content (AvgIpc) is 2.81. The van der Waals surface area contributed by atoms with Gasteiger partial charge in [-0.1, -0.05) is 74.0 Å². The molecule has 1 aliphatic rings. The molecule has 0 aliphatic carbocycles. The van der Waals surface area contributed by atoms with Crippen LogP contribution in [0.25, 0.3) is 5.57 Å². The Morgan fingerprint density at radius 1 is 0.920 bits per heavy atom. The van der Waals surface area contributed by atoms with Gasteiger partial charge in [-0.25, -0.2) is 0 Å². The number of amides is 2. The first-order chi connectivity index (χ1) is 12.0. The highest BCUT2D eigenvalue weighted by Gasteiger charge is 2.39. The Kier molecular flexibility index (Phi) is 5.09. The van der Waals surface area contributed by atoms with E-state index in [0.717, 1.165) is 16.7 Å². The summed E-state index contributed by atoms with van der Waals surface area (Å²) in [6, 6.07) is 17.4. The number of rotatable bonds is 5. The lowest BCUT2D eigenvalue weighted by molar-refractivity contribution is -0.137. The lowest BCUT2D eigenvalue weighted by atomic mass is 10.0. The fraction of sp³-hybridized carbons (Fsp3) is 0.238. The van der Waals surface area contributed by atoms with E-state index >= 15 is 0 Å². The first-order valence-corrected chi connectivity index (χ1v) is 9.23. The summed E-state index contributed by atoms with van der Waals surface area (Å²) >= 11 is 1.46. The van der Waals surface area contributed by atoms with Crippen LogP contribution in [0.1, 0.15) is 30.5 Å². The summed E-state index contributed by atoms with van der Waals surface area (Å²) in [5.74, 6) is -0.399. The molecule has 2 aromatic rings. The summed E-state index contributed by atoms with van der Waals surface area (Å²) in [4.78, 5) is 27.9. The first-order valence-electron chi connectivity index (χ1n) is 8.35. The number of carbonyl (C=O) groups excluding carboxylic acids is 2. The molecule has 0 aromatic heterocycles. The summed E-state index contributed by atoms with van der Waals surface area (Å²) in [7, 11) is 0. The molecule has 4 heteroatoms. The second-order valence-corrected chi connectivity index (χ2v) is 8.01. The normalized spacial score (nSPS) is 14.8. The molecule has 0 saturated heterocycles. The van der Waals surface area contributed by atoms with E-state index in [4.69, 9.17) is 0 Å². The van der Waals surface area contributed by atoms with Gasteiger partial charge in [0, 0.05) is 5.25 Å². The van der Waals surface area contributed by atoms with Crippen LogP contribution < -0.4 is 0 Å². The van der Waals surface area contributed by atoms with Gasteiger partial charge in [0.05, 0.1) is 17.0 Å². The lowest BCUT2D eigenvalue weighted by Crippen LogP contribution is -2.31. The monoisotopic (exact) mass is 351 g/mol. The Morgan fingerprint density at radius 3 is 2.16 bits per heavy atom. The Labute approximate surface area is 152 Å². The molecule has 128 valence electrons. The van der Waals surface area contributed by atoms with Crippen molar-refractivity contribution in [3.05, 3.63) is 76.2 Å². The lowest BCUT2D eigenvalue weighted by Gasteiger charge is -2.15. The van der Waals surface area contributed by atoms with Crippen molar-refractivity contribution >= 4 is 29.1 Å². The molecule has 0 radical (unpaired) electrons. The molecule has 25 heavy (non-hydrogen) atoms. The van der Waals surface area contributed by atoms with Gasteiger partial charge in [0.1, 0.15) is 0 Å². The van der Waals surface area contributed by atoms with Crippen molar-refractivity contribution in [3.63, 3.8) is 0 Å². The molecule has 1 aliphatic heterocycles. The van der Waals surface area contributed by atoms with Gasteiger partial charge in [0.2, 0.25) is 0 Å². The number of hydrogen-bond acceptors (Lipinski definition) is 3. The largest absolute Gasteiger partial charge is 0.269 e. The summed E-state index contributed by atoms with van der Waals surface area (Å²) in [5, 5.41) is 0.226. The van der Waals surface area contributed by atoms with Crippen LogP contribution in [-0.4, -0.2) is 22.0 Å². The Hall–Kier alpha value is -2.33. The second kappa shape index (κ2) is 7.28. The summed E-state index contributed by atoms with van der Waals surface area (Å²) in [5.41, 5.74) is 3.41. The number of thioether (sulfide) groups is 1. The van der Waals surface area contributed by atoms with E-state index in [1.165, 1.54) is 16.7 Å². The van der Waals surface area contributed by atoms with Gasteiger partial charge in [0.15, 0.2) is 0 Å². The predicted molar refractivity (Wildman–Crippen MR) is 103 cm³/mol. The van der Waals surface area contributed by atoms with Crippen LogP contribution in [0.4, 0.5) is 0 Å². The molecule has 0 saturated carbocycles. The first kappa shape index (κ1) is 17.5. The highest BCUT2D eigenvalue weighted by Crippen LogP contribution is 2.38. The summed E-state index contributed by atoms with van der Waals surface area (Å²) in [6.07, 6.45) is 0. The van der Waals surface area contributed by atoms with Crippen molar-refractivity contribution in [1.82, 2.24) is 4.90 Å². The van der Waals surface area contributed by atoms with Gasteiger partial charge < -0.3 is 0 Å². The van der Waals surface area contributed by atoms with Gasteiger partial charge >= 0.3 is 0 Å². The maximum Gasteiger partial charge on any atom is 0.268 e. The Morgan fingerprint density at radius 2 is 1.56 bits per heavy atom. The Bertz CT molecular complexity index is 823. The molecule has 0 N–H and O–H groups in total. The van der Waals surface area contributed by atoms with Crippen LogP contribution in [0.15, 0.2) is 59.5 Å². The van der Waals surface area contributed by atoms with E-state index < -0.39 is 0 Å². The van der Waals surface area contributed by atoms with Crippen LogP contribution in [0, 0.1) is 6.92 Å². The molecule has 3 rings (SSSR count). The van der Waals surface area contributed by atoms with Crippen molar-refractivity contribution in [2.75, 3.05) is 0 Å². The standard InChI is InChI=1S/C21H21NO2S/c1-14(2)25-19-18(17-11-9-15(3)10-12-17)20(23)22(21(19)24)13-16-7-5-4-6-8-16/h4-12,14H,13H2,1-3H3. The maximum absolute atomic E-state index is 13.0. The fourth-order valence-corrected chi connectivity index (χ4v) is 3.79. The third-order valence-corrected chi connectivity index (χ3v) is 5.09. The second-order valence-electron chi connectivity index (χ2n) is 6.42. The van der Waals surface area contributed by atoms with Crippen LogP contribution in [0.3, 0.4) is 0 Å². The summed E-state index contributed by atoms with van der Waals surface area (Å²) in [6.45, 7) is 6.37. The minimum atomic E-state index is -0.208. The van der Waals surface area contributed by atoms with E-state index in [0.29, 0.717) is 17.0 Å². The van der Waals surface area contributed by atoms with Crippen molar-refractivity contribution < 1.29 is 9.59 Å². The van der Waals surface area contributed by atoms with E-state index in [-0.39, 0.29) is 17.1 Å². The van der Waals surface area contributed by atoms with Crippen LogP contribution in [0.2, 0.25) is 0 Å². The van der Waals surface area contributed by atoms with Crippen molar-refractivity contribution in [2.24, 2.45) is 0 Å². The number of aryl methyl sites for hydroxylation is 1. The molecular formula is C21H21NO2S. The molecule has 3 nitrogen and oxygen atoms in total. The zero-order valence-corrected chi connectivity index (χ0v) is 15.5. The van der Waals surface area contributed by atoms with Crippen LogP contribution in [-0.2, 0) is 16.1 Å². The van der Waals surface area contributed by atoms with Gasteiger partial charge in [-0.05, 0) is 18.1 Å². The minimum absolute atomic E-state index is 0.192. The van der Waals surface area contributed by atoms with E-state index in [1.54, 1.807) is 0 Å². The third-order valence-electron chi connectivity index (χ3n) is 4.00. The number of hydrogen-bond donors (Lipinski definition) is 0. The van der Waals surface area contributed by atoms with Crippen LogP contribution in [0.5, 0.6) is 0 Å².